The second-order valence-electron chi connectivity index (χ2n) is 4.85. The second kappa shape index (κ2) is 5.46. The van der Waals surface area contributed by atoms with E-state index in [1.165, 1.54) is 6.33 Å². The Morgan fingerprint density at radius 3 is 2.60 bits per heavy atom. The van der Waals surface area contributed by atoms with Crippen molar-refractivity contribution in [1.82, 2.24) is 9.97 Å². The molecule has 1 unspecified atom stereocenters. The molecule has 0 bridgehead atoms. The molecule has 0 radical (unpaired) electrons. The van der Waals surface area contributed by atoms with Crippen LogP contribution in [0.1, 0.15) is 30.1 Å². The first-order valence-corrected chi connectivity index (χ1v) is 6.64. The summed E-state index contributed by atoms with van der Waals surface area (Å²) in [6.07, 6.45) is 4.17. The molecular weight excluding hydrogens is 254 g/mol. The molecule has 20 heavy (non-hydrogen) atoms. The predicted molar refractivity (Wildman–Crippen MR) is 74.7 cm³/mol. The maximum Gasteiger partial charge on any atom is 0.216 e. The molecule has 1 aliphatic rings. The van der Waals surface area contributed by atoms with Gasteiger partial charge >= 0.3 is 0 Å². The first kappa shape index (κ1) is 12.9. The summed E-state index contributed by atoms with van der Waals surface area (Å²) in [6.45, 7) is 0. The number of rotatable bonds is 5. The highest BCUT2D eigenvalue weighted by atomic mass is 16.5. The van der Waals surface area contributed by atoms with Gasteiger partial charge in [-0.05, 0) is 30.5 Å². The molecule has 0 saturated heterocycles. The summed E-state index contributed by atoms with van der Waals surface area (Å²) >= 11 is 0. The average Bonchev–Trinajstić information content (AvgIpc) is 3.31. The molecule has 0 amide bonds. The highest BCUT2D eigenvalue weighted by molar-refractivity contribution is 5.34. The lowest BCUT2D eigenvalue weighted by atomic mass is 10.0. The molecule has 5 heteroatoms. The standard InChI is InChI=1S/C15H17N3O2/c1-19-14-8-13(17-9-18-14)15(16)10-2-4-11(5-3-10)20-12-6-7-12/h2-5,8-9,12,15H,6-7,16H2,1H3. The van der Waals surface area contributed by atoms with Crippen LogP contribution < -0.4 is 15.2 Å². The van der Waals surface area contributed by atoms with Crippen molar-refractivity contribution >= 4 is 0 Å². The molecule has 3 rings (SSSR count). The average molecular weight is 271 g/mol. The van der Waals surface area contributed by atoms with Gasteiger partial charge in [0.1, 0.15) is 12.1 Å². The molecule has 0 spiro atoms. The number of nitrogens with two attached hydrogens (primary N) is 1. The van der Waals surface area contributed by atoms with Gasteiger partial charge in [0.15, 0.2) is 0 Å². The van der Waals surface area contributed by atoms with Gasteiger partial charge in [-0.15, -0.1) is 0 Å². The van der Waals surface area contributed by atoms with Crippen LogP contribution in [0.3, 0.4) is 0 Å². The Labute approximate surface area is 117 Å². The van der Waals surface area contributed by atoms with Crippen molar-refractivity contribution in [3.63, 3.8) is 0 Å². The van der Waals surface area contributed by atoms with Crippen LogP contribution >= 0.6 is 0 Å². The maximum atomic E-state index is 6.22. The minimum Gasteiger partial charge on any atom is -0.490 e. The zero-order valence-corrected chi connectivity index (χ0v) is 11.3. The lowest BCUT2D eigenvalue weighted by Gasteiger charge is -2.13. The van der Waals surface area contributed by atoms with Crippen molar-refractivity contribution in [3.05, 3.63) is 47.9 Å². The van der Waals surface area contributed by atoms with Crippen molar-refractivity contribution in [2.75, 3.05) is 7.11 Å². The molecule has 2 N–H and O–H groups in total. The Hall–Kier alpha value is -2.14. The quantitative estimate of drug-likeness (QED) is 0.901. The number of aromatic nitrogens is 2. The number of hydrogen-bond donors (Lipinski definition) is 1. The molecule has 1 aromatic heterocycles. The molecule has 1 atom stereocenters. The van der Waals surface area contributed by atoms with Gasteiger partial charge in [0, 0.05) is 6.07 Å². The molecule has 104 valence electrons. The van der Waals surface area contributed by atoms with Crippen LogP contribution in [0.15, 0.2) is 36.7 Å². The fourth-order valence-electron chi connectivity index (χ4n) is 1.94. The highest BCUT2D eigenvalue weighted by Gasteiger charge is 2.23. The first-order valence-electron chi connectivity index (χ1n) is 6.64. The Morgan fingerprint density at radius 1 is 1.20 bits per heavy atom. The van der Waals surface area contributed by atoms with Gasteiger partial charge < -0.3 is 15.2 Å². The van der Waals surface area contributed by atoms with Gasteiger partial charge in [-0.3, -0.25) is 0 Å². The monoisotopic (exact) mass is 271 g/mol. The molecular formula is C15H17N3O2. The van der Waals surface area contributed by atoms with E-state index >= 15 is 0 Å². The van der Waals surface area contributed by atoms with Crippen molar-refractivity contribution in [1.29, 1.82) is 0 Å². The number of nitrogens with zero attached hydrogens (tertiary/aromatic N) is 2. The first-order chi connectivity index (χ1) is 9.76. The topological polar surface area (TPSA) is 70.3 Å². The molecule has 1 aromatic carbocycles. The zero-order valence-electron chi connectivity index (χ0n) is 11.3. The van der Waals surface area contributed by atoms with Crippen LogP contribution in [-0.4, -0.2) is 23.2 Å². The van der Waals surface area contributed by atoms with E-state index < -0.39 is 0 Å². The number of hydrogen-bond acceptors (Lipinski definition) is 5. The largest absolute Gasteiger partial charge is 0.490 e. The SMILES string of the molecule is COc1cc(C(N)c2ccc(OC3CC3)cc2)ncn1. The maximum absolute atomic E-state index is 6.22. The van der Waals surface area contributed by atoms with E-state index in [0.717, 1.165) is 29.8 Å². The van der Waals surface area contributed by atoms with E-state index in [9.17, 15) is 0 Å². The van der Waals surface area contributed by atoms with Gasteiger partial charge in [0.05, 0.1) is 24.9 Å². The molecule has 1 fully saturated rings. The third-order valence-corrected chi connectivity index (χ3v) is 3.26. The predicted octanol–water partition coefficient (Wildman–Crippen LogP) is 2.07. The molecule has 0 aliphatic heterocycles. The third-order valence-electron chi connectivity index (χ3n) is 3.26. The third kappa shape index (κ3) is 2.88. The van der Waals surface area contributed by atoms with Gasteiger partial charge in [-0.1, -0.05) is 12.1 Å². The normalized spacial score (nSPS) is 15.7. The van der Waals surface area contributed by atoms with E-state index in [-0.39, 0.29) is 6.04 Å². The zero-order chi connectivity index (χ0) is 13.9. The van der Waals surface area contributed by atoms with E-state index in [4.69, 9.17) is 15.2 Å². The Kier molecular flexibility index (Phi) is 3.52. The van der Waals surface area contributed by atoms with Crippen LogP contribution in [0.25, 0.3) is 0 Å². The summed E-state index contributed by atoms with van der Waals surface area (Å²) in [4.78, 5) is 8.18. The number of methoxy groups -OCH3 is 1. The molecule has 1 saturated carbocycles. The lowest BCUT2D eigenvalue weighted by Crippen LogP contribution is -2.14. The fraction of sp³-hybridized carbons (Fsp3) is 0.333. The fourth-order valence-corrected chi connectivity index (χ4v) is 1.94. The summed E-state index contributed by atoms with van der Waals surface area (Å²) in [5.41, 5.74) is 7.93. The van der Waals surface area contributed by atoms with Crippen LogP contribution in [0.5, 0.6) is 11.6 Å². The minimum atomic E-state index is -0.304. The summed E-state index contributed by atoms with van der Waals surface area (Å²) in [5, 5.41) is 0. The number of ether oxygens (including phenoxy) is 2. The van der Waals surface area contributed by atoms with Crippen LogP contribution in [0.4, 0.5) is 0 Å². The van der Waals surface area contributed by atoms with Crippen molar-refractivity contribution in [2.24, 2.45) is 5.73 Å². The van der Waals surface area contributed by atoms with Crippen molar-refractivity contribution < 1.29 is 9.47 Å². The minimum absolute atomic E-state index is 0.304. The molecule has 5 nitrogen and oxygen atoms in total. The molecule has 1 aliphatic carbocycles. The molecule has 1 heterocycles. The Balaban J connectivity index is 1.76. The smallest absolute Gasteiger partial charge is 0.216 e. The van der Waals surface area contributed by atoms with E-state index in [1.807, 2.05) is 24.3 Å². The van der Waals surface area contributed by atoms with Crippen LogP contribution in [-0.2, 0) is 0 Å². The van der Waals surface area contributed by atoms with Gasteiger partial charge in [0.2, 0.25) is 5.88 Å². The summed E-state index contributed by atoms with van der Waals surface area (Å²) in [7, 11) is 1.57. The number of benzene rings is 1. The molecule has 2 aromatic rings. The summed E-state index contributed by atoms with van der Waals surface area (Å²) in [6, 6.07) is 9.28. The van der Waals surface area contributed by atoms with Crippen LogP contribution in [0, 0.1) is 0 Å². The van der Waals surface area contributed by atoms with Gasteiger partial charge in [-0.25, -0.2) is 9.97 Å². The summed E-state index contributed by atoms with van der Waals surface area (Å²) in [5.74, 6) is 1.41. The van der Waals surface area contributed by atoms with E-state index in [1.54, 1.807) is 13.2 Å². The Morgan fingerprint density at radius 2 is 1.95 bits per heavy atom. The second-order valence-corrected chi connectivity index (χ2v) is 4.85. The van der Waals surface area contributed by atoms with Gasteiger partial charge in [0.25, 0.3) is 0 Å². The van der Waals surface area contributed by atoms with Crippen LogP contribution in [0.2, 0.25) is 0 Å². The van der Waals surface area contributed by atoms with E-state index in [0.29, 0.717) is 12.0 Å². The van der Waals surface area contributed by atoms with Crippen molar-refractivity contribution in [3.8, 4) is 11.6 Å². The lowest BCUT2D eigenvalue weighted by molar-refractivity contribution is 0.303. The highest BCUT2D eigenvalue weighted by Crippen LogP contribution is 2.28. The van der Waals surface area contributed by atoms with Gasteiger partial charge in [-0.2, -0.15) is 0 Å². The van der Waals surface area contributed by atoms with E-state index in [2.05, 4.69) is 9.97 Å². The van der Waals surface area contributed by atoms with Crippen molar-refractivity contribution in [2.45, 2.75) is 25.0 Å². The summed E-state index contributed by atoms with van der Waals surface area (Å²) < 4.78 is 10.8. The Bertz CT molecular complexity index is 582.